The Hall–Kier alpha value is -1.81. The summed E-state index contributed by atoms with van der Waals surface area (Å²) >= 11 is 3.46. The van der Waals surface area contributed by atoms with E-state index in [1.165, 1.54) is 0 Å². The Labute approximate surface area is 133 Å². The molecule has 0 saturated heterocycles. The summed E-state index contributed by atoms with van der Waals surface area (Å²) in [6, 6.07) is 15.6. The van der Waals surface area contributed by atoms with Gasteiger partial charge in [-0.3, -0.25) is 4.79 Å². The van der Waals surface area contributed by atoms with Crippen LogP contribution in [0.5, 0.6) is 5.75 Å². The van der Waals surface area contributed by atoms with Crippen molar-refractivity contribution in [2.75, 3.05) is 19.1 Å². The van der Waals surface area contributed by atoms with Crippen LogP contribution in [0.25, 0.3) is 0 Å². The molecule has 0 spiro atoms. The highest BCUT2D eigenvalue weighted by Crippen LogP contribution is 2.26. The molecule has 0 aliphatic carbocycles. The minimum atomic E-state index is 0.105. The SMILES string of the molecule is COc1ccc(CCC(=O)N(C)c2ccccc2)cc1Br. The average Bonchev–Trinajstić information content (AvgIpc) is 2.52. The number of carbonyl (C=O) groups is 1. The normalized spacial score (nSPS) is 10.2. The van der Waals surface area contributed by atoms with Gasteiger partial charge in [0, 0.05) is 19.2 Å². The van der Waals surface area contributed by atoms with Crippen molar-refractivity contribution >= 4 is 27.5 Å². The molecule has 0 bridgehead atoms. The van der Waals surface area contributed by atoms with Crippen LogP contribution in [0.15, 0.2) is 53.0 Å². The van der Waals surface area contributed by atoms with Crippen LogP contribution < -0.4 is 9.64 Å². The summed E-state index contributed by atoms with van der Waals surface area (Å²) in [6.07, 6.45) is 1.18. The van der Waals surface area contributed by atoms with E-state index in [4.69, 9.17) is 4.74 Å². The molecule has 0 saturated carbocycles. The molecule has 4 heteroatoms. The summed E-state index contributed by atoms with van der Waals surface area (Å²) in [7, 11) is 3.44. The van der Waals surface area contributed by atoms with Gasteiger partial charge in [0.1, 0.15) is 5.75 Å². The zero-order chi connectivity index (χ0) is 15.2. The summed E-state index contributed by atoms with van der Waals surface area (Å²) in [6.45, 7) is 0. The monoisotopic (exact) mass is 347 g/mol. The van der Waals surface area contributed by atoms with Gasteiger partial charge in [-0.2, -0.15) is 0 Å². The first-order valence-corrected chi connectivity index (χ1v) is 7.55. The number of rotatable bonds is 5. The van der Waals surface area contributed by atoms with Crippen molar-refractivity contribution in [3.05, 3.63) is 58.6 Å². The van der Waals surface area contributed by atoms with Gasteiger partial charge in [0.05, 0.1) is 11.6 Å². The number of methoxy groups -OCH3 is 1. The average molecular weight is 348 g/mol. The number of halogens is 1. The lowest BCUT2D eigenvalue weighted by atomic mass is 10.1. The zero-order valence-electron chi connectivity index (χ0n) is 12.2. The van der Waals surface area contributed by atoms with Gasteiger partial charge in [0.2, 0.25) is 5.91 Å². The van der Waals surface area contributed by atoms with Crippen LogP contribution in [0.3, 0.4) is 0 Å². The highest BCUT2D eigenvalue weighted by molar-refractivity contribution is 9.10. The fourth-order valence-corrected chi connectivity index (χ4v) is 2.67. The van der Waals surface area contributed by atoms with E-state index in [-0.39, 0.29) is 5.91 Å². The summed E-state index contributed by atoms with van der Waals surface area (Å²) in [5, 5.41) is 0. The van der Waals surface area contributed by atoms with Gasteiger partial charge < -0.3 is 9.64 Å². The number of benzene rings is 2. The number of hydrogen-bond acceptors (Lipinski definition) is 2. The molecule has 0 unspecified atom stereocenters. The molecule has 0 aliphatic rings. The molecule has 0 atom stereocenters. The third-order valence-electron chi connectivity index (χ3n) is 3.36. The second-order valence-electron chi connectivity index (χ2n) is 4.76. The molecule has 1 amide bonds. The molecule has 3 nitrogen and oxygen atoms in total. The number of para-hydroxylation sites is 1. The van der Waals surface area contributed by atoms with Crippen molar-refractivity contribution in [2.45, 2.75) is 12.8 Å². The number of anilines is 1. The van der Waals surface area contributed by atoms with Gasteiger partial charge in [0.25, 0.3) is 0 Å². The van der Waals surface area contributed by atoms with Crippen LogP contribution in [0.4, 0.5) is 5.69 Å². The van der Waals surface area contributed by atoms with Crippen LogP contribution in [-0.2, 0) is 11.2 Å². The Morgan fingerprint density at radius 1 is 1.19 bits per heavy atom. The Morgan fingerprint density at radius 3 is 2.52 bits per heavy atom. The smallest absolute Gasteiger partial charge is 0.227 e. The van der Waals surface area contributed by atoms with E-state index < -0.39 is 0 Å². The third kappa shape index (κ3) is 4.08. The highest BCUT2D eigenvalue weighted by atomic mass is 79.9. The van der Waals surface area contributed by atoms with Gasteiger partial charge in [-0.25, -0.2) is 0 Å². The number of ether oxygens (including phenoxy) is 1. The predicted octanol–water partition coefficient (Wildman–Crippen LogP) is 4.05. The maximum absolute atomic E-state index is 12.2. The molecule has 2 aromatic carbocycles. The lowest BCUT2D eigenvalue weighted by Crippen LogP contribution is -2.26. The number of amides is 1. The molecule has 0 aliphatic heterocycles. The molecule has 21 heavy (non-hydrogen) atoms. The molecule has 0 aromatic heterocycles. The maximum atomic E-state index is 12.2. The maximum Gasteiger partial charge on any atom is 0.227 e. The highest BCUT2D eigenvalue weighted by Gasteiger charge is 2.11. The summed E-state index contributed by atoms with van der Waals surface area (Å²) in [5.74, 6) is 0.902. The van der Waals surface area contributed by atoms with Crippen LogP contribution in [0, 0.1) is 0 Å². The van der Waals surface area contributed by atoms with Crippen molar-refractivity contribution in [3.63, 3.8) is 0 Å². The first-order chi connectivity index (χ1) is 10.1. The standard InChI is InChI=1S/C17H18BrNO2/c1-19(14-6-4-3-5-7-14)17(20)11-9-13-8-10-16(21-2)15(18)12-13/h3-8,10,12H,9,11H2,1-2H3. The Morgan fingerprint density at radius 2 is 1.90 bits per heavy atom. The number of nitrogens with zero attached hydrogens (tertiary/aromatic N) is 1. The van der Waals surface area contributed by atoms with Gasteiger partial charge in [-0.15, -0.1) is 0 Å². The molecule has 110 valence electrons. The van der Waals surface area contributed by atoms with Gasteiger partial charge in [-0.1, -0.05) is 24.3 Å². The first kappa shape index (κ1) is 15.6. The molecule has 0 radical (unpaired) electrons. The summed E-state index contributed by atoms with van der Waals surface area (Å²) < 4.78 is 6.11. The number of aryl methyl sites for hydroxylation is 1. The molecule has 2 rings (SSSR count). The van der Waals surface area contributed by atoms with Crippen LogP contribution in [0.2, 0.25) is 0 Å². The van der Waals surface area contributed by atoms with Crippen molar-refractivity contribution in [1.82, 2.24) is 0 Å². The second-order valence-corrected chi connectivity index (χ2v) is 5.61. The fraction of sp³-hybridized carbons (Fsp3) is 0.235. The lowest BCUT2D eigenvalue weighted by molar-refractivity contribution is -0.118. The molecule has 0 N–H and O–H groups in total. The second kappa shape index (κ2) is 7.27. The number of hydrogen-bond donors (Lipinski definition) is 0. The van der Waals surface area contributed by atoms with Crippen molar-refractivity contribution in [2.24, 2.45) is 0 Å². The molecular formula is C17H18BrNO2. The van der Waals surface area contributed by atoms with Crippen molar-refractivity contribution in [3.8, 4) is 5.75 Å². The van der Waals surface area contributed by atoms with E-state index in [9.17, 15) is 4.79 Å². The van der Waals surface area contributed by atoms with E-state index in [1.54, 1.807) is 12.0 Å². The van der Waals surface area contributed by atoms with Crippen molar-refractivity contribution in [1.29, 1.82) is 0 Å². The van der Waals surface area contributed by atoms with E-state index in [1.807, 2.05) is 55.6 Å². The zero-order valence-corrected chi connectivity index (χ0v) is 13.8. The quantitative estimate of drug-likeness (QED) is 0.816. The largest absolute Gasteiger partial charge is 0.496 e. The van der Waals surface area contributed by atoms with Gasteiger partial charge in [-0.05, 0) is 52.2 Å². The summed E-state index contributed by atoms with van der Waals surface area (Å²) in [5.41, 5.74) is 2.02. The Bertz CT molecular complexity index is 613. The van der Waals surface area contributed by atoms with Gasteiger partial charge in [0.15, 0.2) is 0 Å². The van der Waals surface area contributed by atoms with E-state index in [2.05, 4.69) is 15.9 Å². The van der Waals surface area contributed by atoms with Crippen molar-refractivity contribution < 1.29 is 9.53 Å². The predicted molar refractivity (Wildman–Crippen MR) is 88.9 cm³/mol. The van der Waals surface area contributed by atoms with E-state index in [0.29, 0.717) is 12.8 Å². The topological polar surface area (TPSA) is 29.5 Å². The Kier molecular flexibility index (Phi) is 5.39. The molecule has 0 fully saturated rings. The molecular weight excluding hydrogens is 330 g/mol. The van der Waals surface area contributed by atoms with Crippen LogP contribution in [-0.4, -0.2) is 20.1 Å². The minimum Gasteiger partial charge on any atom is -0.496 e. The van der Waals surface area contributed by atoms with Gasteiger partial charge >= 0.3 is 0 Å². The Balaban J connectivity index is 1.96. The lowest BCUT2D eigenvalue weighted by Gasteiger charge is -2.17. The number of carbonyl (C=O) groups excluding carboxylic acids is 1. The van der Waals surface area contributed by atoms with E-state index >= 15 is 0 Å². The molecule has 0 heterocycles. The van der Waals surface area contributed by atoms with Crippen LogP contribution in [0.1, 0.15) is 12.0 Å². The van der Waals surface area contributed by atoms with Crippen LogP contribution >= 0.6 is 15.9 Å². The summed E-state index contributed by atoms with van der Waals surface area (Å²) in [4.78, 5) is 13.9. The third-order valence-corrected chi connectivity index (χ3v) is 3.98. The minimum absolute atomic E-state index is 0.105. The first-order valence-electron chi connectivity index (χ1n) is 6.76. The molecule has 2 aromatic rings. The fourth-order valence-electron chi connectivity index (χ4n) is 2.08. The van der Waals surface area contributed by atoms with E-state index in [0.717, 1.165) is 21.5 Å².